The number of nitrogens with zero attached hydrogens (tertiary/aromatic N) is 4. The molecule has 0 aliphatic heterocycles. The number of hydrogen-bond donors (Lipinski definition) is 0. The molecule has 0 radical (unpaired) electrons. The zero-order valence-corrected chi connectivity index (χ0v) is 17.3. The van der Waals surface area contributed by atoms with Crippen LogP contribution in [-0.2, 0) is 23.1 Å². The molecular weight excluding hydrogens is 441 g/mol. The van der Waals surface area contributed by atoms with Crippen LogP contribution in [0.5, 0.6) is 0 Å². The van der Waals surface area contributed by atoms with Crippen LogP contribution in [0.3, 0.4) is 0 Å². The number of alkyl halides is 3. The van der Waals surface area contributed by atoms with E-state index in [1.807, 2.05) is 0 Å². The Bertz CT molecular complexity index is 1420. The lowest BCUT2D eigenvalue weighted by Gasteiger charge is -2.12. The van der Waals surface area contributed by atoms with E-state index in [9.17, 15) is 21.6 Å². The molecule has 4 aromatic rings. The lowest BCUT2D eigenvalue weighted by Crippen LogP contribution is -2.09. The Morgan fingerprint density at radius 2 is 1.87 bits per heavy atom. The number of pyridine rings is 2. The Labute approximate surface area is 174 Å². The van der Waals surface area contributed by atoms with E-state index in [2.05, 4.69) is 15.0 Å². The van der Waals surface area contributed by atoms with Crippen molar-refractivity contribution in [1.82, 2.24) is 19.5 Å². The number of aromatic nitrogens is 4. The Kier molecular flexibility index (Phi) is 4.74. The van der Waals surface area contributed by atoms with E-state index in [4.69, 9.17) is 11.6 Å². The van der Waals surface area contributed by atoms with Gasteiger partial charge in [-0.15, -0.1) is 0 Å². The Morgan fingerprint density at radius 3 is 2.53 bits per heavy atom. The highest BCUT2D eigenvalue weighted by Gasteiger charge is 2.32. The summed E-state index contributed by atoms with van der Waals surface area (Å²) < 4.78 is 66.4. The third-order valence-corrected chi connectivity index (χ3v) is 6.78. The Morgan fingerprint density at radius 1 is 1.13 bits per heavy atom. The van der Waals surface area contributed by atoms with Crippen molar-refractivity contribution in [2.75, 3.05) is 5.75 Å². The van der Waals surface area contributed by atoms with Crippen molar-refractivity contribution in [2.45, 2.75) is 18.0 Å². The molecule has 0 spiro atoms. The topological polar surface area (TPSA) is 77.7 Å². The van der Waals surface area contributed by atoms with Crippen molar-refractivity contribution in [3.8, 4) is 11.5 Å². The highest BCUT2D eigenvalue weighted by atomic mass is 35.5. The van der Waals surface area contributed by atoms with Gasteiger partial charge in [-0.05, 0) is 18.2 Å². The van der Waals surface area contributed by atoms with Crippen LogP contribution in [0.25, 0.3) is 33.5 Å². The van der Waals surface area contributed by atoms with Gasteiger partial charge in [-0.3, -0.25) is 4.98 Å². The molecule has 0 atom stereocenters. The first-order chi connectivity index (χ1) is 14.0. The number of imidazole rings is 1. The van der Waals surface area contributed by atoms with Crippen molar-refractivity contribution in [3.63, 3.8) is 0 Å². The van der Waals surface area contributed by atoms with E-state index in [0.29, 0.717) is 22.0 Å². The van der Waals surface area contributed by atoms with Gasteiger partial charge in [0.15, 0.2) is 21.3 Å². The molecule has 4 rings (SSSR count). The van der Waals surface area contributed by atoms with Crippen LogP contribution in [0.1, 0.15) is 12.5 Å². The average Bonchev–Trinajstić information content (AvgIpc) is 3.02. The third kappa shape index (κ3) is 3.29. The zero-order valence-electron chi connectivity index (χ0n) is 15.7. The first kappa shape index (κ1) is 20.5. The fraction of sp³-hybridized carbons (Fsp3) is 0.211. The maximum absolute atomic E-state index is 13.0. The number of hydrogen-bond acceptors (Lipinski definition) is 5. The summed E-state index contributed by atoms with van der Waals surface area (Å²) in [5.41, 5.74) is -0.737. The van der Waals surface area contributed by atoms with Gasteiger partial charge in [0.25, 0.3) is 0 Å². The van der Waals surface area contributed by atoms with Crippen molar-refractivity contribution in [2.24, 2.45) is 7.05 Å². The molecule has 0 aliphatic carbocycles. The largest absolute Gasteiger partial charge is 0.417 e. The first-order valence-electron chi connectivity index (χ1n) is 8.74. The minimum Gasteiger partial charge on any atom is -0.310 e. The van der Waals surface area contributed by atoms with Gasteiger partial charge in [-0.25, -0.2) is 18.4 Å². The van der Waals surface area contributed by atoms with Gasteiger partial charge < -0.3 is 4.57 Å². The minimum atomic E-state index is -4.57. The molecule has 11 heteroatoms. The van der Waals surface area contributed by atoms with E-state index in [1.165, 1.54) is 17.7 Å². The second-order valence-electron chi connectivity index (χ2n) is 6.63. The number of halogens is 4. The number of benzene rings is 1. The molecule has 156 valence electrons. The van der Waals surface area contributed by atoms with Crippen LogP contribution in [0.2, 0.25) is 5.02 Å². The maximum atomic E-state index is 13.0. The first-order valence-corrected chi connectivity index (χ1v) is 10.8. The molecule has 6 nitrogen and oxygen atoms in total. The number of sulfone groups is 1. The quantitative estimate of drug-likeness (QED) is 0.450. The Balaban J connectivity index is 2.06. The molecule has 30 heavy (non-hydrogen) atoms. The summed E-state index contributed by atoms with van der Waals surface area (Å²) in [4.78, 5) is 12.3. The van der Waals surface area contributed by atoms with E-state index in [1.54, 1.807) is 25.2 Å². The summed E-state index contributed by atoms with van der Waals surface area (Å²) >= 11 is 6.01. The Hall–Kier alpha value is -2.72. The van der Waals surface area contributed by atoms with Gasteiger partial charge in [-0.2, -0.15) is 13.2 Å². The van der Waals surface area contributed by atoms with Crippen LogP contribution in [0, 0.1) is 0 Å². The van der Waals surface area contributed by atoms with Gasteiger partial charge in [0.2, 0.25) is 0 Å². The monoisotopic (exact) mass is 454 g/mol. The van der Waals surface area contributed by atoms with Crippen molar-refractivity contribution < 1.29 is 21.6 Å². The summed E-state index contributed by atoms with van der Waals surface area (Å²) in [6.07, 6.45) is -2.40. The van der Waals surface area contributed by atoms with Crippen LogP contribution >= 0.6 is 11.6 Å². The summed E-state index contributed by atoms with van der Waals surface area (Å²) in [6, 6.07) is 5.61. The fourth-order valence-electron chi connectivity index (χ4n) is 3.23. The molecule has 0 bridgehead atoms. The molecule has 0 saturated heterocycles. The smallest absolute Gasteiger partial charge is 0.310 e. The fourth-order valence-corrected chi connectivity index (χ4v) is 4.66. The molecular formula is C19H14ClF3N4O2S. The predicted octanol–water partition coefficient (Wildman–Crippen LogP) is 4.65. The molecule has 0 saturated carbocycles. The van der Waals surface area contributed by atoms with Crippen molar-refractivity contribution >= 4 is 43.4 Å². The zero-order chi connectivity index (χ0) is 21.8. The van der Waals surface area contributed by atoms with Gasteiger partial charge in [0.1, 0.15) is 16.1 Å². The predicted molar refractivity (Wildman–Crippen MR) is 107 cm³/mol. The summed E-state index contributed by atoms with van der Waals surface area (Å²) in [5, 5.41) is 1.35. The molecule has 0 fully saturated rings. The van der Waals surface area contributed by atoms with Crippen molar-refractivity contribution in [3.05, 3.63) is 47.2 Å². The standard InChI is InChI=1S/C19H14ClF3N4O2S/c1-3-30(28,29)16-13-5-4-12(20)6-10(13)8-24-15(16)18-26-14-7-11(19(21,22)23)9-25-17(14)27(18)2/h4-9H,3H2,1-2H3. The van der Waals surface area contributed by atoms with Crippen LogP contribution in [0.15, 0.2) is 41.6 Å². The highest BCUT2D eigenvalue weighted by Crippen LogP contribution is 2.35. The van der Waals surface area contributed by atoms with Gasteiger partial charge in [0.05, 0.1) is 11.3 Å². The molecule has 1 aromatic carbocycles. The van der Waals surface area contributed by atoms with Gasteiger partial charge in [-0.1, -0.05) is 24.6 Å². The van der Waals surface area contributed by atoms with Gasteiger partial charge in [0, 0.05) is 35.2 Å². The number of fused-ring (bicyclic) bond motifs is 2. The third-order valence-electron chi connectivity index (χ3n) is 4.75. The van der Waals surface area contributed by atoms with Gasteiger partial charge >= 0.3 is 6.18 Å². The van der Waals surface area contributed by atoms with Crippen molar-refractivity contribution in [1.29, 1.82) is 0 Å². The molecule has 0 amide bonds. The lowest BCUT2D eigenvalue weighted by molar-refractivity contribution is -0.137. The molecule has 0 aliphatic rings. The molecule has 0 unspecified atom stereocenters. The SMILES string of the molecule is CCS(=O)(=O)c1c(-c2nc3cc(C(F)(F)F)cnc3n2C)ncc2cc(Cl)ccc12. The lowest BCUT2D eigenvalue weighted by atomic mass is 10.1. The van der Waals surface area contributed by atoms with Crippen LogP contribution in [0.4, 0.5) is 13.2 Å². The normalized spacial score (nSPS) is 12.7. The second-order valence-corrected chi connectivity index (χ2v) is 9.28. The highest BCUT2D eigenvalue weighted by molar-refractivity contribution is 7.91. The van der Waals surface area contributed by atoms with Crippen LogP contribution < -0.4 is 0 Å². The summed E-state index contributed by atoms with van der Waals surface area (Å²) in [7, 11) is -2.22. The summed E-state index contributed by atoms with van der Waals surface area (Å²) in [6.45, 7) is 1.50. The van der Waals surface area contributed by atoms with Crippen LogP contribution in [-0.4, -0.2) is 33.7 Å². The second kappa shape index (κ2) is 6.92. The maximum Gasteiger partial charge on any atom is 0.417 e. The van der Waals surface area contributed by atoms with E-state index < -0.39 is 21.6 Å². The molecule has 3 heterocycles. The molecule has 3 aromatic heterocycles. The van der Waals surface area contributed by atoms with E-state index in [-0.39, 0.29) is 33.3 Å². The van der Waals surface area contributed by atoms with E-state index in [0.717, 1.165) is 6.07 Å². The summed E-state index contributed by atoms with van der Waals surface area (Å²) in [5.74, 6) is -0.0928. The molecule has 0 N–H and O–H groups in total. The van der Waals surface area contributed by atoms with E-state index >= 15 is 0 Å². The number of rotatable bonds is 3. The minimum absolute atomic E-state index is 0.0137. The number of aryl methyl sites for hydroxylation is 1. The average molecular weight is 455 g/mol.